The Morgan fingerprint density at radius 1 is 0.947 bits per heavy atom. The van der Waals surface area contributed by atoms with Crippen LogP contribution in [0.25, 0.3) is 10.8 Å². The van der Waals surface area contributed by atoms with Crippen LogP contribution in [-0.4, -0.2) is 4.57 Å². The average Bonchev–Trinajstić information content (AvgIpc) is 2.46. The number of aromatic nitrogens is 1. The molecule has 0 aliphatic rings. The molecule has 0 bridgehead atoms. The summed E-state index contributed by atoms with van der Waals surface area (Å²) in [6, 6.07) is 20.1. The van der Waals surface area contributed by atoms with Crippen molar-refractivity contribution in [3.8, 4) is 0 Å². The van der Waals surface area contributed by atoms with E-state index in [1.165, 1.54) is 5.56 Å². The van der Waals surface area contributed by atoms with E-state index < -0.39 is 0 Å². The average molecular weight is 249 g/mol. The van der Waals surface area contributed by atoms with Crippen LogP contribution in [0.2, 0.25) is 0 Å². The Balaban J connectivity index is 2.14. The number of rotatable bonds is 2. The number of benzene rings is 2. The van der Waals surface area contributed by atoms with Gasteiger partial charge in [-0.25, -0.2) is 0 Å². The summed E-state index contributed by atoms with van der Waals surface area (Å²) in [6.45, 7) is 0. The second-order valence-corrected chi connectivity index (χ2v) is 4.75. The highest BCUT2D eigenvalue weighted by molar-refractivity contribution is 5.81. The van der Waals surface area contributed by atoms with E-state index in [9.17, 15) is 4.79 Å². The summed E-state index contributed by atoms with van der Waals surface area (Å²) < 4.78 is 1.75. The van der Waals surface area contributed by atoms with Crippen molar-refractivity contribution < 1.29 is 0 Å². The van der Waals surface area contributed by atoms with Crippen LogP contribution in [0.4, 0.5) is 0 Å². The van der Waals surface area contributed by atoms with Crippen LogP contribution in [0.3, 0.4) is 0 Å². The summed E-state index contributed by atoms with van der Waals surface area (Å²) in [4.78, 5) is 12.3. The van der Waals surface area contributed by atoms with Crippen LogP contribution in [-0.2, 0) is 13.5 Å². The van der Waals surface area contributed by atoms with Gasteiger partial charge in [-0.2, -0.15) is 0 Å². The molecule has 0 radical (unpaired) electrons. The van der Waals surface area contributed by atoms with Gasteiger partial charge in [0.15, 0.2) is 0 Å². The fraction of sp³-hybridized carbons (Fsp3) is 0.118. The van der Waals surface area contributed by atoms with Crippen molar-refractivity contribution in [2.24, 2.45) is 7.05 Å². The SMILES string of the molecule is Cn1c(Cc2ccccc2)cc2ccccc2c1=O. The summed E-state index contributed by atoms with van der Waals surface area (Å²) in [5.74, 6) is 0. The van der Waals surface area contributed by atoms with Crippen molar-refractivity contribution in [3.05, 3.63) is 82.3 Å². The van der Waals surface area contributed by atoms with Gasteiger partial charge in [-0.15, -0.1) is 0 Å². The maximum atomic E-state index is 12.3. The quantitative estimate of drug-likeness (QED) is 0.684. The van der Waals surface area contributed by atoms with E-state index in [-0.39, 0.29) is 5.56 Å². The van der Waals surface area contributed by atoms with Crippen LogP contribution in [0.15, 0.2) is 65.5 Å². The third-order valence-electron chi connectivity index (χ3n) is 3.48. The first-order valence-electron chi connectivity index (χ1n) is 6.37. The maximum Gasteiger partial charge on any atom is 0.258 e. The molecule has 2 aromatic carbocycles. The van der Waals surface area contributed by atoms with Crippen molar-refractivity contribution in [2.45, 2.75) is 6.42 Å². The maximum absolute atomic E-state index is 12.3. The summed E-state index contributed by atoms with van der Waals surface area (Å²) in [5.41, 5.74) is 2.33. The van der Waals surface area contributed by atoms with E-state index in [0.717, 1.165) is 22.9 Å². The normalized spacial score (nSPS) is 10.8. The van der Waals surface area contributed by atoms with E-state index in [1.807, 2.05) is 49.5 Å². The fourth-order valence-electron chi connectivity index (χ4n) is 2.38. The molecule has 0 spiro atoms. The Morgan fingerprint density at radius 2 is 1.63 bits per heavy atom. The molecular formula is C17H15NO. The number of fused-ring (bicyclic) bond motifs is 1. The van der Waals surface area contributed by atoms with E-state index >= 15 is 0 Å². The lowest BCUT2D eigenvalue weighted by Crippen LogP contribution is -2.20. The van der Waals surface area contributed by atoms with Gasteiger partial charge in [0.25, 0.3) is 5.56 Å². The first-order valence-corrected chi connectivity index (χ1v) is 6.37. The second-order valence-electron chi connectivity index (χ2n) is 4.75. The zero-order valence-corrected chi connectivity index (χ0v) is 10.8. The molecule has 0 amide bonds. The number of hydrogen-bond acceptors (Lipinski definition) is 1. The van der Waals surface area contributed by atoms with Crippen LogP contribution >= 0.6 is 0 Å². The molecule has 0 aliphatic heterocycles. The van der Waals surface area contributed by atoms with Crippen molar-refractivity contribution in [3.63, 3.8) is 0 Å². The highest BCUT2D eigenvalue weighted by Gasteiger charge is 2.06. The molecule has 0 fully saturated rings. The largest absolute Gasteiger partial charge is 0.315 e. The van der Waals surface area contributed by atoms with E-state index in [2.05, 4.69) is 18.2 Å². The van der Waals surface area contributed by atoms with Gasteiger partial charge in [0.2, 0.25) is 0 Å². The molecule has 1 aromatic heterocycles. The van der Waals surface area contributed by atoms with Crippen LogP contribution in [0, 0.1) is 0 Å². The minimum Gasteiger partial charge on any atom is -0.315 e. The Morgan fingerprint density at radius 3 is 2.42 bits per heavy atom. The van der Waals surface area contributed by atoms with Crippen LogP contribution in [0.1, 0.15) is 11.3 Å². The van der Waals surface area contributed by atoms with Crippen molar-refractivity contribution in [1.82, 2.24) is 4.57 Å². The van der Waals surface area contributed by atoms with Gasteiger partial charge in [0.05, 0.1) is 0 Å². The van der Waals surface area contributed by atoms with Crippen LogP contribution < -0.4 is 5.56 Å². The molecule has 0 aliphatic carbocycles. The first-order chi connectivity index (χ1) is 9.25. The lowest BCUT2D eigenvalue weighted by molar-refractivity contribution is 0.803. The number of hydrogen-bond donors (Lipinski definition) is 0. The van der Waals surface area contributed by atoms with Gasteiger partial charge in [0.1, 0.15) is 0 Å². The summed E-state index contributed by atoms with van der Waals surface area (Å²) in [5, 5.41) is 1.79. The second kappa shape index (κ2) is 4.73. The monoisotopic (exact) mass is 249 g/mol. The Labute approximate surface area is 111 Å². The Hall–Kier alpha value is -2.35. The molecular weight excluding hydrogens is 234 g/mol. The molecule has 94 valence electrons. The van der Waals surface area contributed by atoms with Gasteiger partial charge in [-0.1, -0.05) is 48.5 Å². The fourth-order valence-corrected chi connectivity index (χ4v) is 2.38. The van der Waals surface area contributed by atoms with E-state index in [1.54, 1.807) is 4.57 Å². The summed E-state index contributed by atoms with van der Waals surface area (Å²) in [7, 11) is 1.84. The molecule has 0 saturated carbocycles. The lowest BCUT2D eigenvalue weighted by Gasteiger charge is -2.10. The van der Waals surface area contributed by atoms with Gasteiger partial charge in [-0.05, 0) is 23.1 Å². The standard InChI is InChI=1S/C17H15NO/c1-18-15(11-13-7-3-2-4-8-13)12-14-9-5-6-10-16(14)17(18)19/h2-10,12H,11H2,1H3. The molecule has 0 saturated heterocycles. The molecule has 3 rings (SSSR count). The van der Waals surface area contributed by atoms with Gasteiger partial charge in [-0.3, -0.25) is 4.79 Å². The number of nitrogens with zero attached hydrogens (tertiary/aromatic N) is 1. The minimum atomic E-state index is 0.0732. The first kappa shape index (κ1) is 11.7. The van der Waals surface area contributed by atoms with Crippen LogP contribution in [0.5, 0.6) is 0 Å². The molecule has 2 heteroatoms. The molecule has 0 atom stereocenters. The van der Waals surface area contributed by atoms with Crippen molar-refractivity contribution >= 4 is 10.8 Å². The molecule has 0 N–H and O–H groups in total. The minimum absolute atomic E-state index is 0.0732. The van der Waals surface area contributed by atoms with Gasteiger partial charge >= 0.3 is 0 Å². The van der Waals surface area contributed by atoms with Crippen molar-refractivity contribution in [1.29, 1.82) is 0 Å². The van der Waals surface area contributed by atoms with Gasteiger partial charge in [0, 0.05) is 24.5 Å². The highest BCUT2D eigenvalue weighted by atomic mass is 16.1. The predicted octanol–water partition coefficient (Wildman–Crippen LogP) is 3.13. The number of pyridine rings is 1. The third kappa shape index (κ3) is 2.17. The third-order valence-corrected chi connectivity index (χ3v) is 3.48. The molecule has 19 heavy (non-hydrogen) atoms. The topological polar surface area (TPSA) is 22.0 Å². The van der Waals surface area contributed by atoms with E-state index in [0.29, 0.717) is 0 Å². The molecule has 2 nitrogen and oxygen atoms in total. The van der Waals surface area contributed by atoms with E-state index in [4.69, 9.17) is 0 Å². The zero-order chi connectivity index (χ0) is 13.2. The van der Waals surface area contributed by atoms with Gasteiger partial charge < -0.3 is 4.57 Å². The smallest absolute Gasteiger partial charge is 0.258 e. The van der Waals surface area contributed by atoms with Crippen molar-refractivity contribution in [2.75, 3.05) is 0 Å². The molecule has 1 heterocycles. The summed E-state index contributed by atoms with van der Waals surface area (Å²) >= 11 is 0. The Bertz CT molecular complexity index is 772. The molecule has 0 unspecified atom stereocenters. The summed E-state index contributed by atoms with van der Waals surface area (Å²) in [6.07, 6.45) is 0.775. The molecule has 3 aromatic rings. The Kier molecular flexibility index (Phi) is 2.92. The predicted molar refractivity (Wildman–Crippen MR) is 78.4 cm³/mol. The lowest BCUT2D eigenvalue weighted by atomic mass is 10.1. The zero-order valence-electron chi connectivity index (χ0n) is 10.8. The highest BCUT2D eigenvalue weighted by Crippen LogP contribution is 2.14.